The van der Waals surface area contributed by atoms with E-state index < -0.39 is 6.10 Å². The summed E-state index contributed by atoms with van der Waals surface area (Å²) in [6.07, 6.45) is 3.65. The zero-order valence-electron chi connectivity index (χ0n) is 9.34. The van der Waals surface area contributed by atoms with Gasteiger partial charge < -0.3 is 5.11 Å². The van der Waals surface area contributed by atoms with Crippen LogP contribution in [0.25, 0.3) is 0 Å². The second-order valence-electron chi connectivity index (χ2n) is 4.21. The molecule has 0 radical (unpaired) electrons. The summed E-state index contributed by atoms with van der Waals surface area (Å²) in [4.78, 5) is 11.6. The standard InChI is InChI=1S/C14H16O2/c1-2-11-12(8-9-13(11)15)14(16)10-6-4-3-5-7-10/h3-9,11-12,14,16H,2H2,1H3/t11-,12+,14+/m1/s1. The van der Waals surface area contributed by atoms with Crippen molar-refractivity contribution in [3.63, 3.8) is 0 Å². The molecule has 16 heavy (non-hydrogen) atoms. The number of rotatable bonds is 3. The lowest BCUT2D eigenvalue weighted by molar-refractivity contribution is -0.119. The van der Waals surface area contributed by atoms with Crippen LogP contribution in [0.3, 0.4) is 0 Å². The molecule has 2 heteroatoms. The summed E-state index contributed by atoms with van der Waals surface area (Å²) >= 11 is 0. The molecule has 0 amide bonds. The number of hydrogen-bond acceptors (Lipinski definition) is 2. The van der Waals surface area contributed by atoms with E-state index in [1.54, 1.807) is 6.08 Å². The summed E-state index contributed by atoms with van der Waals surface area (Å²) in [6, 6.07) is 9.52. The van der Waals surface area contributed by atoms with Crippen molar-refractivity contribution in [2.75, 3.05) is 0 Å². The smallest absolute Gasteiger partial charge is 0.159 e. The zero-order chi connectivity index (χ0) is 11.5. The topological polar surface area (TPSA) is 37.3 Å². The van der Waals surface area contributed by atoms with E-state index in [-0.39, 0.29) is 17.6 Å². The van der Waals surface area contributed by atoms with Crippen molar-refractivity contribution in [2.24, 2.45) is 11.8 Å². The number of benzene rings is 1. The average Bonchev–Trinajstić information content (AvgIpc) is 2.70. The first-order chi connectivity index (χ1) is 7.74. The van der Waals surface area contributed by atoms with Gasteiger partial charge in [0.05, 0.1) is 6.10 Å². The molecule has 84 valence electrons. The first kappa shape index (κ1) is 11.1. The molecule has 0 unspecified atom stereocenters. The van der Waals surface area contributed by atoms with Gasteiger partial charge in [-0.25, -0.2) is 0 Å². The minimum absolute atomic E-state index is 0.0600. The van der Waals surface area contributed by atoms with E-state index in [1.165, 1.54) is 0 Å². The molecule has 0 saturated heterocycles. The molecular formula is C14H16O2. The van der Waals surface area contributed by atoms with E-state index in [1.807, 2.05) is 43.3 Å². The Hall–Kier alpha value is -1.41. The molecule has 0 spiro atoms. The summed E-state index contributed by atoms with van der Waals surface area (Å²) in [5, 5.41) is 10.2. The third-order valence-electron chi connectivity index (χ3n) is 3.26. The van der Waals surface area contributed by atoms with Gasteiger partial charge in [-0.2, -0.15) is 0 Å². The molecule has 0 bridgehead atoms. The van der Waals surface area contributed by atoms with Gasteiger partial charge in [0, 0.05) is 11.8 Å². The third-order valence-corrected chi connectivity index (χ3v) is 3.26. The Morgan fingerprint density at radius 2 is 2.00 bits per heavy atom. The van der Waals surface area contributed by atoms with Crippen molar-refractivity contribution in [3.05, 3.63) is 48.0 Å². The number of aliphatic hydroxyl groups is 1. The molecule has 2 rings (SSSR count). The van der Waals surface area contributed by atoms with Gasteiger partial charge in [-0.15, -0.1) is 0 Å². The molecular weight excluding hydrogens is 200 g/mol. The molecule has 0 saturated carbocycles. The SMILES string of the molecule is CC[C@H]1C(=O)C=C[C@@H]1[C@@H](O)c1ccccc1. The van der Waals surface area contributed by atoms with E-state index in [9.17, 15) is 9.90 Å². The van der Waals surface area contributed by atoms with Crippen LogP contribution in [-0.2, 0) is 4.79 Å². The molecule has 0 heterocycles. The highest BCUT2D eigenvalue weighted by molar-refractivity contribution is 5.94. The second kappa shape index (κ2) is 4.62. The van der Waals surface area contributed by atoms with Crippen LogP contribution < -0.4 is 0 Å². The number of ketones is 1. The summed E-state index contributed by atoms with van der Waals surface area (Å²) in [7, 11) is 0. The van der Waals surface area contributed by atoms with E-state index >= 15 is 0 Å². The highest BCUT2D eigenvalue weighted by Gasteiger charge is 2.33. The van der Waals surface area contributed by atoms with E-state index in [0.29, 0.717) is 0 Å². The van der Waals surface area contributed by atoms with Crippen LogP contribution in [0.4, 0.5) is 0 Å². The first-order valence-electron chi connectivity index (χ1n) is 5.69. The minimum atomic E-state index is -0.575. The molecule has 0 aliphatic heterocycles. The highest BCUT2D eigenvalue weighted by Crippen LogP contribution is 2.35. The van der Waals surface area contributed by atoms with E-state index in [2.05, 4.69) is 0 Å². The zero-order valence-corrected chi connectivity index (χ0v) is 9.34. The first-order valence-corrected chi connectivity index (χ1v) is 5.69. The maximum absolute atomic E-state index is 11.6. The Labute approximate surface area is 95.6 Å². The lowest BCUT2D eigenvalue weighted by Gasteiger charge is -2.22. The highest BCUT2D eigenvalue weighted by atomic mass is 16.3. The van der Waals surface area contributed by atoms with Crippen LogP contribution in [0, 0.1) is 11.8 Å². The fourth-order valence-corrected chi connectivity index (χ4v) is 2.32. The quantitative estimate of drug-likeness (QED) is 0.842. The summed E-state index contributed by atoms with van der Waals surface area (Å²) in [5.74, 6) is 0.0117. The Balaban J connectivity index is 2.20. The fraction of sp³-hybridized carbons (Fsp3) is 0.357. The van der Waals surface area contributed by atoms with Crippen molar-refractivity contribution >= 4 is 5.78 Å². The number of aliphatic hydroxyl groups excluding tert-OH is 1. The Morgan fingerprint density at radius 3 is 2.62 bits per heavy atom. The number of allylic oxidation sites excluding steroid dienone is 1. The van der Waals surface area contributed by atoms with Gasteiger partial charge in [0.15, 0.2) is 5.78 Å². The largest absolute Gasteiger partial charge is 0.388 e. The van der Waals surface area contributed by atoms with Gasteiger partial charge in [-0.1, -0.05) is 43.3 Å². The lowest BCUT2D eigenvalue weighted by Crippen LogP contribution is -2.21. The van der Waals surface area contributed by atoms with Crippen LogP contribution in [0.1, 0.15) is 25.0 Å². The van der Waals surface area contributed by atoms with Crippen LogP contribution in [0.5, 0.6) is 0 Å². The maximum atomic E-state index is 11.6. The molecule has 0 fully saturated rings. The average molecular weight is 216 g/mol. The maximum Gasteiger partial charge on any atom is 0.159 e. The molecule has 3 atom stereocenters. The van der Waals surface area contributed by atoms with E-state index in [0.717, 1.165) is 12.0 Å². The predicted molar refractivity (Wildman–Crippen MR) is 62.8 cm³/mol. The van der Waals surface area contributed by atoms with Crippen molar-refractivity contribution in [3.8, 4) is 0 Å². The molecule has 1 N–H and O–H groups in total. The number of carbonyl (C=O) groups is 1. The summed E-state index contributed by atoms with van der Waals surface area (Å²) < 4.78 is 0. The summed E-state index contributed by atoms with van der Waals surface area (Å²) in [6.45, 7) is 1.99. The predicted octanol–water partition coefficient (Wildman–Crippen LogP) is 2.50. The molecule has 2 nitrogen and oxygen atoms in total. The molecule has 1 aromatic carbocycles. The van der Waals surface area contributed by atoms with Crippen molar-refractivity contribution < 1.29 is 9.90 Å². The molecule has 0 aromatic heterocycles. The van der Waals surface area contributed by atoms with Crippen LogP contribution in [-0.4, -0.2) is 10.9 Å². The molecule has 1 aliphatic rings. The molecule has 1 aromatic rings. The van der Waals surface area contributed by atoms with Crippen molar-refractivity contribution in [2.45, 2.75) is 19.4 Å². The van der Waals surface area contributed by atoms with E-state index in [4.69, 9.17) is 0 Å². The Bertz CT molecular complexity index is 394. The summed E-state index contributed by atoms with van der Waals surface area (Å²) in [5.41, 5.74) is 0.880. The van der Waals surface area contributed by atoms with Gasteiger partial charge >= 0.3 is 0 Å². The third kappa shape index (κ3) is 1.93. The monoisotopic (exact) mass is 216 g/mol. The van der Waals surface area contributed by atoms with Crippen LogP contribution >= 0.6 is 0 Å². The minimum Gasteiger partial charge on any atom is -0.388 e. The van der Waals surface area contributed by atoms with Crippen molar-refractivity contribution in [1.29, 1.82) is 0 Å². The van der Waals surface area contributed by atoms with Crippen LogP contribution in [0.15, 0.2) is 42.5 Å². The molecule has 1 aliphatic carbocycles. The van der Waals surface area contributed by atoms with Gasteiger partial charge in [0.1, 0.15) is 0 Å². The van der Waals surface area contributed by atoms with Gasteiger partial charge in [-0.3, -0.25) is 4.79 Å². The number of carbonyl (C=O) groups excluding carboxylic acids is 1. The van der Waals surface area contributed by atoms with Gasteiger partial charge in [-0.05, 0) is 18.1 Å². The van der Waals surface area contributed by atoms with Gasteiger partial charge in [0.25, 0.3) is 0 Å². The second-order valence-corrected chi connectivity index (χ2v) is 4.21. The lowest BCUT2D eigenvalue weighted by atomic mass is 9.85. The Morgan fingerprint density at radius 1 is 1.31 bits per heavy atom. The fourth-order valence-electron chi connectivity index (χ4n) is 2.32. The van der Waals surface area contributed by atoms with Crippen molar-refractivity contribution in [1.82, 2.24) is 0 Å². The normalized spacial score (nSPS) is 26.0. The Kier molecular flexibility index (Phi) is 3.20. The van der Waals surface area contributed by atoms with Crippen LogP contribution in [0.2, 0.25) is 0 Å². The van der Waals surface area contributed by atoms with Gasteiger partial charge in [0.2, 0.25) is 0 Å². The number of hydrogen-bond donors (Lipinski definition) is 1.